The van der Waals surface area contributed by atoms with Crippen molar-refractivity contribution >= 4 is 34.9 Å². The van der Waals surface area contributed by atoms with E-state index in [0.717, 1.165) is 49.8 Å². The summed E-state index contributed by atoms with van der Waals surface area (Å²) in [5.74, 6) is 0.327. The molecule has 9 nitrogen and oxygen atoms in total. The molecule has 5 rings (SSSR count). The minimum Gasteiger partial charge on any atom is -0.341 e. The van der Waals surface area contributed by atoms with Gasteiger partial charge in [-0.05, 0) is 66.9 Å². The summed E-state index contributed by atoms with van der Waals surface area (Å²) >= 11 is 0.872. The lowest BCUT2D eigenvalue weighted by atomic mass is 9.97. The molecule has 0 aromatic carbocycles. The van der Waals surface area contributed by atoms with Gasteiger partial charge in [0.25, 0.3) is 11.1 Å². The molecule has 36 heavy (non-hydrogen) atoms. The fraction of sp³-hybridized carbons (Fsp3) is 0.280. The van der Waals surface area contributed by atoms with Crippen LogP contribution >= 0.6 is 11.8 Å². The Bertz CT molecular complexity index is 1310. The number of imide groups is 1. The average Bonchev–Trinajstić information content (AvgIpc) is 3.21. The lowest BCUT2D eigenvalue weighted by Crippen LogP contribution is -2.38. The number of nitrogens with zero attached hydrogens (tertiary/aromatic N) is 5. The number of nitrogens with one attached hydrogen (secondary N) is 2. The Hall–Kier alpha value is -3.70. The molecule has 2 aliphatic rings. The Labute approximate surface area is 211 Å². The Morgan fingerprint density at radius 3 is 2.78 bits per heavy atom. The summed E-state index contributed by atoms with van der Waals surface area (Å²) in [5.41, 5.74) is 2.61. The van der Waals surface area contributed by atoms with Gasteiger partial charge < -0.3 is 10.2 Å². The molecule has 2 amide bonds. The second-order valence-electron chi connectivity index (χ2n) is 8.56. The summed E-state index contributed by atoms with van der Waals surface area (Å²) < 4.78 is 14.2. The Morgan fingerprint density at radius 1 is 1.14 bits per heavy atom. The molecule has 3 aromatic rings. The van der Waals surface area contributed by atoms with Crippen molar-refractivity contribution in [2.24, 2.45) is 5.92 Å². The van der Waals surface area contributed by atoms with Crippen LogP contribution in [0.5, 0.6) is 0 Å². The molecule has 5 heterocycles. The van der Waals surface area contributed by atoms with Gasteiger partial charge in [-0.25, -0.2) is 14.4 Å². The predicted octanol–water partition coefficient (Wildman–Crippen LogP) is 3.40. The van der Waals surface area contributed by atoms with Crippen molar-refractivity contribution in [2.45, 2.75) is 19.4 Å². The Kier molecular flexibility index (Phi) is 7.28. The summed E-state index contributed by atoms with van der Waals surface area (Å²) in [6.45, 7) is 3.08. The van der Waals surface area contributed by atoms with E-state index in [0.29, 0.717) is 40.3 Å². The van der Waals surface area contributed by atoms with Crippen LogP contribution in [-0.2, 0) is 11.3 Å². The van der Waals surface area contributed by atoms with Crippen LogP contribution in [0.1, 0.15) is 24.1 Å². The van der Waals surface area contributed by atoms with Crippen LogP contribution in [0.25, 0.3) is 17.3 Å². The second kappa shape index (κ2) is 10.9. The monoisotopic (exact) mass is 505 g/mol. The second-order valence-corrected chi connectivity index (χ2v) is 9.58. The van der Waals surface area contributed by atoms with Gasteiger partial charge in [-0.15, -0.1) is 0 Å². The molecule has 3 aromatic heterocycles. The first-order chi connectivity index (χ1) is 17.6. The van der Waals surface area contributed by atoms with Crippen molar-refractivity contribution in [3.05, 3.63) is 71.0 Å². The number of amides is 2. The molecule has 0 spiro atoms. The van der Waals surface area contributed by atoms with Gasteiger partial charge in [-0.3, -0.25) is 24.9 Å². The van der Waals surface area contributed by atoms with Crippen molar-refractivity contribution in [2.75, 3.05) is 24.5 Å². The fourth-order valence-corrected chi connectivity index (χ4v) is 4.96. The number of pyridine rings is 2. The number of piperidine rings is 1. The van der Waals surface area contributed by atoms with E-state index in [1.54, 1.807) is 36.8 Å². The molecule has 0 unspecified atom stereocenters. The fourth-order valence-electron chi connectivity index (χ4n) is 4.29. The maximum atomic E-state index is 14.2. The number of carbonyl (C=O) groups excluding carboxylic acids is 2. The van der Waals surface area contributed by atoms with Crippen LogP contribution in [0.3, 0.4) is 0 Å². The third kappa shape index (κ3) is 5.58. The summed E-state index contributed by atoms with van der Waals surface area (Å²) in [4.78, 5) is 42.8. The van der Waals surface area contributed by atoms with Crippen molar-refractivity contribution in [3.63, 3.8) is 0 Å². The van der Waals surface area contributed by atoms with Crippen molar-refractivity contribution in [1.82, 2.24) is 30.6 Å². The summed E-state index contributed by atoms with van der Waals surface area (Å²) in [6, 6.07) is 7.18. The van der Waals surface area contributed by atoms with E-state index >= 15 is 0 Å². The standard InChI is InChI=1S/C25H24FN7O2S/c26-20-15-27-8-4-19(20)22-17(2-1-7-29-22)14-28-13-16-5-10-33(11-6-16)24-30-9-3-18(31-24)12-21-23(34)32-25(35)36-21/h1-4,7-9,12,15-16,28H,5-6,10-11,13-14H2,(H,32,34,35). The highest BCUT2D eigenvalue weighted by Crippen LogP contribution is 2.26. The molecule has 0 aliphatic carbocycles. The van der Waals surface area contributed by atoms with Crippen LogP contribution in [0.4, 0.5) is 15.1 Å². The molecule has 0 bridgehead atoms. The number of hydrogen-bond acceptors (Lipinski definition) is 9. The number of rotatable bonds is 7. The zero-order chi connectivity index (χ0) is 24.9. The smallest absolute Gasteiger partial charge is 0.290 e. The van der Waals surface area contributed by atoms with E-state index in [9.17, 15) is 14.0 Å². The molecule has 2 aliphatic heterocycles. The van der Waals surface area contributed by atoms with Crippen LogP contribution in [0.15, 0.2) is 54.0 Å². The van der Waals surface area contributed by atoms with Gasteiger partial charge in [0.05, 0.1) is 22.5 Å². The average molecular weight is 506 g/mol. The Balaban J connectivity index is 1.15. The molecule has 184 valence electrons. The highest BCUT2D eigenvalue weighted by Gasteiger charge is 2.26. The minimum atomic E-state index is -0.400. The molecule has 2 N–H and O–H groups in total. The van der Waals surface area contributed by atoms with Gasteiger partial charge in [-0.2, -0.15) is 0 Å². The number of anilines is 1. The van der Waals surface area contributed by atoms with Gasteiger partial charge in [0, 0.05) is 43.8 Å². The van der Waals surface area contributed by atoms with Gasteiger partial charge in [0.1, 0.15) is 0 Å². The van der Waals surface area contributed by atoms with E-state index in [2.05, 4.69) is 35.5 Å². The molecule has 0 saturated carbocycles. The third-order valence-electron chi connectivity index (χ3n) is 6.15. The van der Waals surface area contributed by atoms with E-state index in [-0.39, 0.29) is 11.1 Å². The number of aromatic nitrogens is 4. The first kappa shape index (κ1) is 24.0. The third-order valence-corrected chi connectivity index (χ3v) is 6.96. The van der Waals surface area contributed by atoms with Crippen molar-refractivity contribution in [3.8, 4) is 11.3 Å². The van der Waals surface area contributed by atoms with Crippen molar-refractivity contribution < 1.29 is 14.0 Å². The minimum absolute atomic E-state index is 0.331. The largest absolute Gasteiger partial charge is 0.341 e. The van der Waals surface area contributed by atoms with Gasteiger partial charge in [0.15, 0.2) is 5.82 Å². The SMILES string of the molecule is O=C1NC(=O)C(=Cc2ccnc(N3CCC(CNCc4cccnc4-c4ccncc4F)CC3)n2)S1. The number of hydrogen-bond donors (Lipinski definition) is 2. The summed E-state index contributed by atoms with van der Waals surface area (Å²) in [5, 5.41) is 5.38. The molecule has 0 atom stereocenters. The number of thioether (sulfide) groups is 1. The van der Waals surface area contributed by atoms with Crippen LogP contribution in [0.2, 0.25) is 0 Å². The lowest BCUT2D eigenvalue weighted by Gasteiger charge is -2.32. The summed E-state index contributed by atoms with van der Waals surface area (Å²) in [7, 11) is 0. The molecule has 0 radical (unpaired) electrons. The van der Waals surface area contributed by atoms with E-state index in [1.807, 2.05) is 12.1 Å². The van der Waals surface area contributed by atoms with Crippen LogP contribution < -0.4 is 15.5 Å². The van der Waals surface area contributed by atoms with Gasteiger partial charge in [0.2, 0.25) is 5.95 Å². The van der Waals surface area contributed by atoms with E-state index in [1.165, 1.54) is 6.20 Å². The first-order valence-corrected chi connectivity index (χ1v) is 12.5. The highest BCUT2D eigenvalue weighted by atomic mass is 32.2. The van der Waals surface area contributed by atoms with E-state index < -0.39 is 5.91 Å². The molecule has 2 saturated heterocycles. The van der Waals surface area contributed by atoms with E-state index in [4.69, 9.17) is 0 Å². The summed E-state index contributed by atoms with van der Waals surface area (Å²) in [6.07, 6.45) is 9.68. The quantitative estimate of drug-likeness (QED) is 0.467. The zero-order valence-electron chi connectivity index (χ0n) is 19.4. The Morgan fingerprint density at radius 2 is 2.00 bits per heavy atom. The zero-order valence-corrected chi connectivity index (χ0v) is 20.2. The molecular weight excluding hydrogens is 481 g/mol. The van der Waals surface area contributed by atoms with Gasteiger partial charge in [-0.1, -0.05) is 6.07 Å². The van der Waals surface area contributed by atoms with Crippen LogP contribution in [-0.4, -0.2) is 50.7 Å². The number of halogens is 1. The maximum Gasteiger partial charge on any atom is 0.290 e. The normalized spacial score (nSPS) is 17.6. The molecule has 2 fully saturated rings. The molecular formula is C25H24FN7O2S. The van der Waals surface area contributed by atoms with Gasteiger partial charge >= 0.3 is 0 Å². The number of carbonyl (C=O) groups is 2. The highest BCUT2D eigenvalue weighted by molar-refractivity contribution is 8.18. The van der Waals surface area contributed by atoms with Crippen molar-refractivity contribution in [1.29, 1.82) is 0 Å². The predicted molar refractivity (Wildman–Crippen MR) is 135 cm³/mol. The molecule has 11 heteroatoms. The van der Waals surface area contributed by atoms with Crippen LogP contribution in [0, 0.1) is 11.7 Å². The first-order valence-electron chi connectivity index (χ1n) is 11.6. The topological polar surface area (TPSA) is 113 Å². The lowest BCUT2D eigenvalue weighted by molar-refractivity contribution is -0.115. The maximum absolute atomic E-state index is 14.2.